The molecule has 4 heteroatoms. The van der Waals surface area contributed by atoms with Crippen LogP contribution in [0.3, 0.4) is 0 Å². The van der Waals surface area contributed by atoms with Gasteiger partial charge in [0.2, 0.25) is 0 Å². The third-order valence-electron chi connectivity index (χ3n) is 2.89. The lowest BCUT2D eigenvalue weighted by atomic mass is 9.91. The molecule has 0 radical (unpaired) electrons. The highest BCUT2D eigenvalue weighted by Gasteiger charge is 2.44. The molecule has 0 saturated carbocycles. The van der Waals surface area contributed by atoms with Gasteiger partial charge < -0.3 is 9.90 Å². The van der Waals surface area contributed by atoms with Crippen molar-refractivity contribution in [2.75, 3.05) is 13.6 Å². The fraction of sp³-hybridized carbons (Fsp3) is 0.778. The zero-order valence-electron chi connectivity index (χ0n) is 7.82. The Morgan fingerprint density at radius 1 is 1.69 bits per heavy atom. The van der Waals surface area contributed by atoms with E-state index >= 15 is 0 Å². The lowest BCUT2D eigenvalue weighted by molar-refractivity contribution is -0.149. The van der Waals surface area contributed by atoms with Crippen molar-refractivity contribution in [3.05, 3.63) is 0 Å². The monoisotopic (exact) mass is 185 g/mol. The van der Waals surface area contributed by atoms with Gasteiger partial charge in [0.05, 0.1) is 0 Å². The van der Waals surface area contributed by atoms with Crippen LogP contribution < -0.4 is 0 Å². The molecular weight excluding hydrogens is 170 g/mol. The Morgan fingerprint density at radius 2 is 2.38 bits per heavy atom. The Labute approximate surface area is 77.5 Å². The smallest absolute Gasteiger partial charge is 0.324 e. The number of aliphatic carboxylic acids is 1. The number of carboxylic acids is 1. The van der Waals surface area contributed by atoms with E-state index in [2.05, 4.69) is 0 Å². The number of carbonyl (C=O) groups is 2. The first-order valence-corrected chi connectivity index (χ1v) is 4.52. The zero-order valence-corrected chi connectivity index (χ0v) is 7.82. The van der Waals surface area contributed by atoms with Gasteiger partial charge in [0.25, 0.3) is 0 Å². The summed E-state index contributed by atoms with van der Waals surface area (Å²) in [6.07, 6.45) is 3.12. The van der Waals surface area contributed by atoms with Crippen LogP contribution in [0.4, 0.5) is 0 Å². The summed E-state index contributed by atoms with van der Waals surface area (Å²) in [5.74, 6) is -0.797. The molecule has 1 atom stereocenters. The molecule has 1 saturated heterocycles. The molecule has 1 N–H and O–H groups in total. The Hall–Kier alpha value is -0.900. The third kappa shape index (κ3) is 1.72. The average Bonchev–Trinajstić information content (AvgIpc) is 2.45. The average molecular weight is 185 g/mol. The van der Waals surface area contributed by atoms with E-state index in [1.165, 1.54) is 0 Å². The van der Waals surface area contributed by atoms with Gasteiger partial charge in [0, 0.05) is 6.42 Å². The summed E-state index contributed by atoms with van der Waals surface area (Å²) < 4.78 is 0. The standard InChI is InChI=1S/C9H15NO3/c1-10-6-2-4-9(10,8(12)13)5-3-7-11/h7H,2-6H2,1H3,(H,12,13)/t9-/m1/s1. The number of nitrogens with zero attached hydrogens (tertiary/aromatic N) is 1. The summed E-state index contributed by atoms with van der Waals surface area (Å²) in [6, 6.07) is 0. The van der Waals surface area contributed by atoms with Gasteiger partial charge in [-0.2, -0.15) is 0 Å². The second kappa shape index (κ2) is 3.87. The molecule has 0 bridgehead atoms. The normalized spacial score (nSPS) is 29.0. The van der Waals surface area contributed by atoms with Crippen LogP contribution in [0.25, 0.3) is 0 Å². The number of hydrogen-bond acceptors (Lipinski definition) is 3. The van der Waals surface area contributed by atoms with Gasteiger partial charge in [0.15, 0.2) is 0 Å². The van der Waals surface area contributed by atoms with Gasteiger partial charge in [0.1, 0.15) is 11.8 Å². The number of carbonyl (C=O) groups excluding carboxylic acids is 1. The molecule has 1 heterocycles. The highest BCUT2D eigenvalue weighted by Crippen LogP contribution is 2.32. The van der Waals surface area contributed by atoms with Crippen LogP contribution in [0.2, 0.25) is 0 Å². The van der Waals surface area contributed by atoms with Crippen LogP contribution in [0.15, 0.2) is 0 Å². The molecule has 0 spiro atoms. The predicted molar refractivity (Wildman–Crippen MR) is 47.5 cm³/mol. The summed E-state index contributed by atoms with van der Waals surface area (Å²) in [5, 5.41) is 9.10. The highest BCUT2D eigenvalue weighted by atomic mass is 16.4. The molecule has 0 aromatic rings. The van der Waals surface area contributed by atoms with Crippen molar-refractivity contribution < 1.29 is 14.7 Å². The van der Waals surface area contributed by atoms with Gasteiger partial charge in [-0.25, -0.2) is 0 Å². The fourth-order valence-corrected chi connectivity index (χ4v) is 2.00. The quantitative estimate of drug-likeness (QED) is 0.648. The number of aldehydes is 1. The van der Waals surface area contributed by atoms with Gasteiger partial charge in [-0.1, -0.05) is 0 Å². The Morgan fingerprint density at radius 3 is 2.77 bits per heavy atom. The molecular formula is C9H15NO3. The molecule has 0 amide bonds. The van der Waals surface area contributed by atoms with E-state index in [1.54, 1.807) is 0 Å². The maximum atomic E-state index is 11.1. The SMILES string of the molecule is CN1CCC[C@@]1(CCC=O)C(=O)O. The van der Waals surface area contributed by atoms with Crippen molar-refractivity contribution in [2.24, 2.45) is 0 Å². The summed E-state index contributed by atoms with van der Waals surface area (Å²) in [5.41, 5.74) is -0.777. The van der Waals surface area contributed by atoms with E-state index in [0.717, 1.165) is 19.3 Å². The van der Waals surface area contributed by atoms with Gasteiger partial charge >= 0.3 is 5.97 Å². The second-order valence-electron chi connectivity index (χ2n) is 3.57. The first-order chi connectivity index (χ1) is 6.13. The molecule has 0 unspecified atom stereocenters. The fourth-order valence-electron chi connectivity index (χ4n) is 2.00. The summed E-state index contributed by atoms with van der Waals surface area (Å²) >= 11 is 0. The number of hydrogen-bond donors (Lipinski definition) is 1. The van der Waals surface area contributed by atoms with Crippen molar-refractivity contribution >= 4 is 12.3 Å². The maximum Gasteiger partial charge on any atom is 0.324 e. The van der Waals surface area contributed by atoms with Crippen molar-refractivity contribution in [1.82, 2.24) is 4.90 Å². The molecule has 4 nitrogen and oxygen atoms in total. The van der Waals surface area contributed by atoms with Gasteiger partial charge in [-0.05, 0) is 32.9 Å². The third-order valence-corrected chi connectivity index (χ3v) is 2.89. The van der Waals surface area contributed by atoms with E-state index < -0.39 is 11.5 Å². The van der Waals surface area contributed by atoms with Crippen molar-refractivity contribution in [3.63, 3.8) is 0 Å². The molecule has 13 heavy (non-hydrogen) atoms. The van der Waals surface area contributed by atoms with Crippen LogP contribution in [0.5, 0.6) is 0 Å². The second-order valence-corrected chi connectivity index (χ2v) is 3.57. The Bertz CT molecular complexity index is 217. The van der Waals surface area contributed by atoms with E-state index in [0.29, 0.717) is 19.3 Å². The molecule has 1 aliphatic heterocycles. The number of carboxylic acid groups (broad SMARTS) is 1. The first kappa shape index (κ1) is 10.2. The Kier molecular flexibility index (Phi) is 3.03. The highest BCUT2D eigenvalue weighted by molar-refractivity contribution is 5.79. The van der Waals surface area contributed by atoms with E-state index in [-0.39, 0.29) is 0 Å². The number of likely N-dealkylation sites (N-methyl/N-ethyl adjacent to an activating group) is 1. The molecule has 1 aliphatic rings. The molecule has 0 aromatic carbocycles. The van der Waals surface area contributed by atoms with Crippen LogP contribution in [0.1, 0.15) is 25.7 Å². The summed E-state index contributed by atoms with van der Waals surface area (Å²) in [4.78, 5) is 23.1. The molecule has 0 aromatic heterocycles. The van der Waals surface area contributed by atoms with Gasteiger partial charge in [-0.15, -0.1) is 0 Å². The van der Waals surface area contributed by atoms with E-state index in [9.17, 15) is 9.59 Å². The van der Waals surface area contributed by atoms with Gasteiger partial charge in [-0.3, -0.25) is 9.69 Å². The molecule has 1 fully saturated rings. The van der Waals surface area contributed by atoms with E-state index in [4.69, 9.17) is 5.11 Å². The molecule has 1 rings (SSSR count). The minimum absolute atomic E-state index is 0.330. The largest absolute Gasteiger partial charge is 0.480 e. The molecule has 74 valence electrons. The van der Waals surface area contributed by atoms with Crippen molar-refractivity contribution in [3.8, 4) is 0 Å². The minimum atomic E-state index is -0.797. The van der Waals surface area contributed by atoms with Crippen LogP contribution >= 0.6 is 0 Å². The predicted octanol–water partition coefficient (Wildman–Crippen LogP) is 0.514. The molecule has 0 aliphatic carbocycles. The zero-order chi connectivity index (χ0) is 9.90. The Balaban J connectivity index is 2.74. The summed E-state index contributed by atoms with van der Waals surface area (Å²) in [6.45, 7) is 0.811. The van der Waals surface area contributed by atoms with Crippen LogP contribution in [0, 0.1) is 0 Å². The van der Waals surface area contributed by atoms with Crippen LogP contribution in [-0.4, -0.2) is 41.4 Å². The maximum absolute atomic E-state index is 11.1. The van der Waals surface area contributed by atoms with Crippen molar-refractivity contribution in [1.29, 1.82) is 0 Å². The lowest BCUT2D eigenvalue weighted by Gasteiger charge is -2.31. The number of likely N-dealkylation sites (tertiary alicyclic amines) is 1. The van der Waals surface area contributed by atoms with E-state index in [1.807, 2.05) is 11.9 Å². The minimum Gasteiger partial charge on any atom is -0.480 e. The summed E-state index contributed by atoms with van der Waals surface area (Å²) in [7, 11) is 1.81. The number of rotatable bonds is 4. The topological polar surface area (TPSA) is 57.6 Å². The van der Waals surface area contributed by atoms with Crippen LogP contribution in [-0.2, 0) is 9.59 Å². The lowest BCUT2D eigenvalue weighted by Crippen LogP contribution is -2.48. The van der Waals surface area contributed by atoms with Crippen molar-refractivity contribution in [2.45, 2.75) is 31.2 Å². The first-order valence-electron chi connectivity index (χ1n) is 4.52.